The van der Waals surface area contributed by atoms with Crippen molar-refractivity contribution in [2.24, 2.45) is 0 Å². The number of carbonyl (C=O) groups excluding carboxylic acids is 2. The van der Waals surface area contributed by atoms with Crippen LogP contribution in [0.25, 0.3) is 5.69 Å². The fourth-order valence-corrected chi connectivity index (χ4v) is 3.26. The molecule has 7 heteroatoms. The summed E-state index contributed by atoms with van der Waals surface area (Å²) in [6.07, 6.45) is 4.72. The Morgan fingerprint density at radius 3 is 2.58 bits per heavy atom. The van der Waals surface area contributed by atoms with E-state index in [-0.39, 0.29) is 24.2 Å². The SMILES string of the molecule is CCNC(=O)CNC(=O)c1nn(-c2ccc(F)cc2)c2c1CCCCC2. The zero-order valence-electron chi connectivity index (χ0n) is 14.8. The number of fused-ring (bicyclic) bond motifs is 1. The summed E-state index contributed by atoms with van der Waals surface area (Å²) in [5, 5.41) is 9.80. The van der Waals surface area contributed by atoms with Crippen molar-refractivity contribution in [1.82, 2.24) is 20.4 Å². The zero-order valence-corrected chi connectivity index (χ0v) is 14.8. The lowest BCUT2D eigenvalue weighted by Gasteiger charge is -2.07. The first-order valence-electron chi connectivity index (χ1n) is 9.01. The van der Waals surface area contributed by atoms with Gasteiger partial charge in [0.1, 0.15) is 5.82 Å². The van der Waals surface area contributed by atoms with Gasteiger partial charge in [-0.3, -0.25) is 9.59 Å². The summed E-state index contributed by atoms with van der Waals surface area (Å²) in [7, 11) is 0. The number of benzene rings is 1. The molecule has 0 spiro atoms. The predicted octanol–water partition coefficient (Wildman–Crippen LogP) is 2.15. The number of nitrogens with one attached hydrogen (secondary N) is 2. The summed E-state index contributed by atoms with van der Waals surface area (Å²) in [6, 6.07) is 6.08. The van der Waals surface area contributed by atoms with Crippen molar-refractivity contribution >= 4 is 11.8 Å². The van der Waals surface area contributed by atoms with E-state index in [1.54, 1.807) is 16.8 Å². The van der Waals surface area contributed by atoms with E-state index < -0.39 is 0 Å². The number of carbonyl (C=O) groups is 2. The third-order valence-electron chi connectivity index (χ3n) is 4.50. The molecule has 0 saturated carbocycles. The molecule has 0 saturated heterocycles. The molecule has 1 aromatic carbocycles. The third kappa shape index (κ3) is 3.92. The van der Waals surface area contributed by atoms with Crippen LogP contribution in [0.15, 0.2) is 24.3 Å². The maximum atomic E-state index is 13.2. The Bertz CT molecular complexity index is 799. The molecule has 0 bridgehead atoms. The van der Waals surface area contributed by atoms with E-state index in [0.717, 1.165) is 49.0 Å². The van der Waals surface area contributed by atoms with Crippen molar-refractivity contribution < 1.29 is 14.0 Å². The molecule has 1 heterocycles. The van der Waals surface area contributed by atoms with Crippen LogP contribution in [0.4, 0.5) is 4.39 Å². The van der Waals surface area contributed by atoms with Crippen molar-refractivity contribution in [3.8, 4) is 5.69 Å². The van der Waals surface area contributed by atoms with Crippen LogP contribution in [0.5, 0.6) is 0 Å². The average molecular weight is 358 g/mol. The maximum Gasteiger partial charge on any atom is 0.272 e. The van der Waals surface area contributed by atoms with Crippen molar-refractivity contribution in [2.45, 2.75) is 39.0 Å². The largest absolute Gasteiger partial charge is 0.355 e. The van der Waals surface area contributed by atoms with Gasteiger partial charge in [-0.1, -0.05) is 6.42 Å². The summed E-state index contributed by atoms with van der Waals surface area (Å²) in [5.41, 5.74) is 3.01. The molecule has 0 unspecified atom stereocenters. The summed E-state index contributed by atoms with van der Waals surface area (Å²) < 4.78 is 15.0. The van der Waals surface area contributed by atoms with E-state index in [9.17, 15) is 14.0 Å². The Morgan fingerprint density at radius 1 is 1.12 bits per heavy atom. The van der Waals surface area contributed by atoms with Gasteiger partial charge in [0.15, 0.2) is 5.69 Å². The zero-order chi connectivity index (χ0) is 18.5. The van der Waals surface area contributed by atoms with E-state index in [1.807, 2.05) is 6.92 Å². The van der Waals surface area contributed by atoms with Crippen LogP contribution in [0, 0.1) is 5.82 Å². The molecular weight excluding hydrogens is 335 g/mol. The Labute approximate surface area is 151 Å². The van der Waals surface area contributed by atoms with Gasteiger partial charge in [0.05, 0.1) is 12.2 Å². The average Bonchev–Trinajstić information content (AvgIpc) is 2.82. The monoisotopic (exact) mass is 358 g/mol. The van der Waals surface area contributed by atoms with E-state index in [1.165, 1.54) is 12.1 Å². The second-order valence-corrected chi connectivity index (χ2v) is 6.36. The van der Waals surface area contributed by atoms with Crippen LogP contribution in [0.1, 0.15) is 47.9 Å². The van der Waals surface area contributed by atoms with Crippen LogP contribution in [-0.4, -0.2) is 34.7 Å². The van der Waals surface area contributed by atoms with E-state index in [4.69, 9.17) is 0 Å². The fourth-order valence-electron chi connectivity index (χ4n) is 3.26. The van der Waals surface area contributed by atoms with E-state index in [2.05, 4.69) is 15.7 Å². The topological polar surface area (TPSA) is 76.0 Å². The Morgan fingerprint density at radius 2 is 1.85 bits per heavy atom. The van der Waals surface area contributed by atoms with Gasteiger partial charge in [-0.2, -0.15) is 5.10 Å². The maximum absolute atomic E-state index is 13.2. The minimum atomic E-state index is -0.352. The summed E-state index contributed by atoms with van der Waals surface area (Å²) in [4.78, 5) is 24.2. The Balaban J connectivity index is 1.91. The molecule has 0 radical (unpaired) electrons. The molecule has 1 aromatic heterocycles. The van der Waals surface area contributed by atoms with Gasteiger partial charge in [-0.25, -0.2) is 9.07 Å². The van der Waals surface area contributed by atoms with E-state index >= 15 is 0 Å². The quantitative estimate of drug-likeness (QED) is 0.804. The van der Waals surface area contributed by atoms with Crippen LogP contribution in [-0.2, 0) is 17.6 Å². The van der Waals surface area contributed by atoms with Crippen molar-refractivity contribution in [1.29, 1.82) is 0 Å². The number of nitrogens with zero attached hydrogens (tertiary/aromatic N) is 2. The van der Waals surface area contributed by atoms with Gasteiger partial charge >= 0.3 is 0 Å². The molecule has 138 valence electrons. The number of likely N-dealkylation sites (N-methyl/N-ethyl adjacent to an activating group) is 1. The lowest BCUT2D eigenvalue weighted by molar-refractivity contribution is -0.120. The highest BCUT2D eigenvalue weighted by molar-refractivity contribution is 5.96. The van der Waals surface area contributed by atoms with Crippen LogP contribution < -0.4 is 10.6 Å². The fraction of sp³-hybridized carbons (Fsp3) is 0.421. The van der Waals surface area contributed by atoms with Gasteiger partial charge < -0.3 is 10.6 Å². The summed E-state index contributed by atoms with van der Waals surface area (Å²) >= 11 is 0. The number of aromatic nitrogens is 2. The molecule has 6 nitrogen and oxygen atoms in total. The van der Waals surface area contributed by atoms with Crippen molar-refractivity contribution in [3.05, 3.63) is 47.0 Å². The molecule has 0 atom stereocenters. The smallest absolute Gasteiger partial charge is 0.272 e. The predicted molar refractivity (Wildman–Crippen MR) is 95.8 cm³/mol. The van der Waals surface area contributed by atoms with Crippen LogP contribution in [0.3, 0.4) is 0 Å². The molecule has 1 aliphatic carbocycles. The van der Waals surface area contributed by atoms with Crippen LogP contribution in [0.2, 0.25) is 0 Å². The van der Waals surface area contributed by atoms with Gasteiger partial charge in [-0.05, 0) is 56.9 Å². The van der Waals surface area contributed by atoms with E-state index in [0.29, 0.717) is 12.2 Å². The number of hydrogen-bond donors (Lipinski definition) is 2. The number of rotatable bonds is 5. The lowest BCUT2D eigenvalue weighted by atomic mass is 10.1. The molecule has 0 aliphatic heterocycles. The molecule has 26 heavy (non-hydrogen) atoms. The summed E-state index contributed by atoms with van der Waals surface area (Å²) in [6.45, 7) is 2.26. The minimum Gasteiger partial charge on any atom is -0.355 e. The molecule has 2 amide bonds. The Kier molecular flexibility index (Phi) is 5.65. The van der Waals surface area contributed by atoms with Gasteiger partial charge in [0.25, 0.3) is 5.91 Å². The summed E-state index contributed by atoms with van der Waals surface area (Å²) in [5.74, 6) is -0.896. The number of halogens is 1. The number of hydrogen-bond acceptors (Lipinski definition) is 3. The molecule has 0 fully saturated rings. The molecule has 1 aliphatic rings. The molecule has 3 rings (SSSR count). The standard InChI is InChI=1S/C19H23FN4O2/c1-2-21-17(25)12-22-19(26)18-15-6-4-3-5-7-16(15)24(23-18)14-10-8-13(20)9-11-14/h8-11H,2-7,12H2,1H3,(H,21,25)(H,22,26). The first-order valence-corrected chi connectivity index (χ1v) is 9.01. The highest BCUT2D eigenvalue weighted by Gasteiger charge is 2.25. The lowest BCUT2D eigenvalue weighted by Crippen LogP contribution is -2.37. The Hall–Kier alpha value is -2.70. The van der Waals surface area contributed by atoms with Gasteiger partial charge in [0, 0.05) is 17.8 Å². The second kappa shape index (κ2) is 8.12. The van der Waals surface area contributed by atoms with Gasteiger partial charge in [0.2, 0.25) is 5.91 Å². The second-order valence-electron chi connectivity index (χ2n) is 6.36. The van der Waals surface area contributed by atoms with Crippen molar-refractivity contribution in [2.75, 3.05) is 13.1 Å². The number of amides is 2. The molecule has 2 N–H and O–H groups in total. The van der Waals surface area contributed by atoms with Gasteiger partial charge in [-0.15, -0.1) is 0 Å². The third-order valence-corrected chi connectivity index (χ3v) is 4.50. The van der Waals surface area contributed by atoms with Crippen LogP contribution >= 0.6 is 0 Å². The minimum absolute atomic E-state index is 0.0785. The normalized spacial score (nSPS) is 13.6. The highest BCUT2D eigenvalue weighted by atomic mass is 19.1. The van der Waals surface area contributed by atoms with Crippen molar-refractivity contribution in [3.63, 3.8) is 0 Å². The first kappa shape index (κ1) is 18.1. The highest BCUT2D eigenvalue weighted by Crippen LogP contribution is 2.26. The first-order chi connectivity index (χ1) is 12.6. The molecular formula is C19H23FN4O2. The molecule has 2 aromatic rings.